The molecule has 16 heavy (non-hydrogen) atoms. The van der Waals surface area contributed by atoms with Crippen molar-refractivity contribution in [3.8, 4) is 5.75 Å². The quantitative estimate of drug-likeness (QED) is 0.622. The molecule has 3 rings (SSSR count). The van der Waals surface area contributed by atoms with E-state index < -0.39 is 0 Å². The summed E-state index contributed by atoms with van der Waals surface area (Å²) in [7, 11) is 1.66. The van der Waals surface area contributed by atoms with Crippen LogP contribution in [0.5, 0.6) is 5.75 Å². The van der Waals surface area contributed by atoms with Crippen LogP contribution in [0.2, 0.25) is 0 Å². The molecule has 0 radical (unpaired) electrons. The molecule has 0 aliphatic rings. The van der Waals surface area contributed by atoms with Crippen molar-refractivity contribution in [2.75, 3.05) is 7.11 Å². The topological polar surface area (TPSA) is 39.4 Å². The average molecular weight is 213 g/mol. The van der Waals surface area contributed by atoms with Crippen LogP contribution in [-0.4, -0.2) is 21.5 Å². The number of imidazole rings is 1. The molecule has 0 saturated carbocycles. The van der Waals surface area contributed by atoms with Gasteiger partial charge in [0.25, 0.3) is 0 Å². The second-order valence-electron chi connectivity index (χ2n) is 3.71. The van der Waals surface area contributed by atoms with Crippen molar-refractivity contribution in [2.24, 2.45) is 0 Å². The van der Waals surface area contributed by atoms with Gasteiger partial charge in [0.2, 0.25) is 5.78 Å². The lowest BCUT2D eigenvalue weighted by Gasteiger charge is -1.99. The third-order valence-electron chi connectivity index (χ3n) is 2.62. The van der Waals surface area contributed by atoms with Crippen LogP contribution in [0.15, 0.2) is 30.5 Å². The Morgan fingerprint density at radius 3 is 2.88 bits per heavy atom. The fraction of sp³-hybridized carbons (Fsp3) is 0.167. The number of nitrogens with zero attached hydrogens (tertiary/aromatic N) is 3. The second kappa shape index (κ2) is 3.20. The van der Waals surface area contributed by atoms with Gasteiger partial charge in [-0.3, -0.25) is 4.40 Å². The number of methoxy groups -OCH3 is 1. The van der Waals surface area contributed by atoms with Gasteiger partial charge in [0.1, 0.15) is 5.75 Å². The summed E-state index contributed by atoms with van der Waals surface area (Å²) in [5, 5.41) is 0. The van der Waals surface area contributed by atoms with Crippen molar-refractivity contribution in [3.63, 3.8) is 0 Å². The van der Waals surface area contributed by atoms with Gasteiger partial charge in [0.15, 0.2) is 0 Å². The van der Waals surface area contributed by atoms with E-state index in [1.54, 1.807) is 7.11 Å². The molecule has 0 fully saturated rings. The predicted octanol–water partition coefficient (Wildman–Crippen LogP) is 2.20. The van der Waals surface area contributed by atoms with E-state index in [1.807, 2.05) is 41.8 Å². The van der Waals surface area contributed by atoms with E-state index in [9.17, 15) is 0 Å². The van der Waals surface area contributed by atoms with Gasteiger partial charge in [0, 0.05) is 18.0 Å². The van der Waals surface area contributed by atoms with Crippen molar-refractivity contribution in [2.45, 2.75) is 6.92 Å². The van der Waals surface area contributed by atoms with Crippen molar-refractivity contribution < 1.29 is 4.74 Å². The highest BCUT2D eigenvalue weighted by Gasteiger charge is 2.06. The summed E-state index contributed by atoms with van der Waals surface area (Å²) >= 11 is 0. The fourth-order valence-corrected chi connectivity index (χ4v) is 1.79. The number of rotatable bonds is 1. The van der Waals surface area contributed by atoms with Crippen LogP contribution in [0, 0.1) is 6.92 Å². The Hall–Kier alpha value is -2.10. The Bertz CT molecular complexity index is 672. The van der Waals surface area contributed by atoms with Gasteiger partial charge >= 0.3 is 0 Å². The average Bonchev–Trinajstić information content (AvgIpc) is 2.65. The van der Waals surface area contributed by atoms with Crippen LogP contribution in [-0.2, 0) is 0 Å². The highest BCUT2D eigenvalue weighted by molar-refractivity contribution is 5.80. The molecular weight excluding hydrogens is 202 g/mol. The molecule has 0 amide bonds. The van der Waals surface area contributed by atoms with Crippen molar-refractivity contribution in [3.05, 3.63) is 36.2 Å². The van der Waals surface area contributed by atoms with Gasteiger partial charge in [-0.05, 0) is 25.1 Å². The molecule has 0 unspecified atom stereocenters. The van der Waals surface area contributed by atoms with Gasteiger partial charge in [-0.2, -0.15) is 0 Å². The molecule has 0 aliphatic heterocycles. The lowest BCUT2D eigenvalue weighted by atomic mass is 10.3. The summed E-state index contributed by atoms with van der Waals surface area (Å²) in [5.41, 5.74) is 2.91. The Kier molecular flexibility index (Phi) is 1.83. The first kappa shape index (κ1) is 9.15. The molecule has 2 heterocycles. The lowest BCUT2D eigenvalue weighted by Crippen LogP contribution is -1.90. The number of hydrogen-bond acceptors (Lipinski definition) is 3. The SMILES string of the molecule is COc1ccc2nc3nc(C)ccn3c2c1. The van der Waals surface area contributed by atoms with Gasteiger partial charge in [-0.15, -0.1) is 0 Å². The van der Waals surface area contributed by atoms with Crippen LogP contribution in [0.1, 0.15) is 5.69 Å². The zero-order chi connectivity index (χ0) is 11.1. The van der Waals surface area contributed by atoms with E-state index >= 15 is 0 Å². The molecule has 0 N–H and O–H groups in total. The first-order valence-electron chi connectivity index (χ1n) is 5.07. The Morgan fingerprint density at radius 1 is 1.19 bits per heavy atom. The largest absolute Gasteiger partial charge is 0.497 e. The van der Waals surface area contributed by atoms with E-state index in [0.29, 0.717) is 0 Å². The maximum atomic E-state index is 5.20. The van der Waals surface area contributed by atoms with E-state index in [-0.39, 0.29) is 0 Å². The standard InChI is InChI=1S/C12H11N3O/c1-8-5-6-15-11-7-9(16-2)3-4-10(11)14-12(15)13-8/h3-7H,1-2H3. The van der Waals surface area contributed by atoms with Gasteiger partial charge in [-0.1, -0.05) is 0 Å². The third kappa shape index (κ3) is 1.23. The van der Waals surface area contributed by atoms with Crippen LogP contribution in [0.25, 0.3) is 16.8 Å². The van der Waals surface area contributed by atoms with Crippen LogP contribution < -0.4 is 4.74 Å². The maximum Gasteiger partial charge on any atom is 0.235 e. The van der Waals surface area contributed by atoms with Crippen LogP contribution in [0.4, 0.5) is 0 Å². The lowest BCUT2D eigenvalue weighted by molar-refractivity contribution is 0.415. The van der Waals surface area contributed by atoms with Crippen molar-refractivity contribution in [1.82, 2.24) is 14.4 Å². The van der Waals surface area contributed by atoms with Gasteiger partial charge in [-0.25, -0.2) is 9.97 Å². The minimum absolute atomic E-state index is 0.725. The molecule has 1 aromatic carbocycles. The Morgan fingerprint density at radius 2 is 2.06 bits per heavy atom. The normalized spacial score (nSPS) is 11.1. The number of fused-ring (bicyclic) bond motifs is 3. The number of ether oxygens (including phenoxy) is 1. The summed E-state index contributed by atoms with van der Waals surface area (Å²) in [4.78, 5) is 8.83. The Labute approximate surface area is 92.5 Å². The zero-order valence-electron chi connectivity index (χ0n) is 9.14. The van der Waals surface area contributed by atoms with Gasteiger partial charge in [0.05, 0.1) is 18.1 Å². The number of benzene rings is 1. The first-order chi connectivity index (χ1) is 7.78. The second-order valence-corrected chi connectivity index (χ2v) is 3.71. The highest BCUT2D eigenvalue weighted by atomic mass is 16.5. The fourth-order valence-electron chi connectivity index (χ4n) is 1.79. The predicted molar refractivity (Wildman–Crippen MR) is 61.8 cm³/mol. The minimum atomic E-state index is 0.725. The van der Waals surface area contributed by atoms with Crippen LogP contribution >= 0.6 is 0 Å². The van der Waals surface area contributed by atoms with Gasteiger partial charge < -0.3 is 4.74 Å². The first-order valence-corrected chi connectivity index (χ1v) is 5.07. The van der Waals surface area contributed by atoms with E-state index in [0.717, 1.165) is 28.3 Å². The molecule has 3 aromatic rings. The third-order valence-corrected chi connectivity index (χ3v) is 2.62. The van der Waals surface area contributed by atoms with E-state index in [2.05, 4.69) is 9.97 Å². The molecule has 0 aliphatic carbocycles. The number of aromatic nitrogens is 3. The Balaban J connectivity index is 2.42. The molecule has 0 spiro atoms. The maximum absolute atomic E-state index is 5.20. The van der Waals surface area contributed by atoms with E-state index in [1.165, 1.54) is 0 Å². The molecule has 0 saturated heterocycles. The number of hydrogen-bond donors (Lipinski definition) is 0. The summed E-state index contributed by atoms with van der Waals surface area (Å²) < 4.78 is 7.17. The molecule has 4 heteroatoms. The van der Waals surface area contributed by atoms with E-state index in [4.69, 9.17) is 4.74 Å². The molecule has 80 valence electrons. The monoisotopic (exact) mass is 213 g/mol. The molecule has 0 atom stereocenters. The molecule has 2 aromatic heterocycles. The minimum Gasteiger partial charge on any atom is -0.497 e. The van der Waals surface area contributed by atoms with Crippen LogP contribution in [0.3, 0.4) is 0 Å². The number of aryl methyl sites for hydroxylation is 1. The molecule has 0 bridgehead atoms. The summed E-state index contributed by atoms with van der Waals surface area (Å²) in [5.74, 6) is 1.55. The van der Waals surface area contributed by atoms with Crippen molar-refractivity contribution in [1.29, 1.82) is 0 Å². The smallest absolute Gasteiger partial charge is 0.235 e. The summed E-state index contributed by atoms with van der Waals surface area (Å²) in [6.07, 6.45) is 1.98. The molecule has 4 nitrogen and oxygen atoms in total. The van der Waals surface area contributed by atoms with Crippen molar-refractivity contribution >= 4 is 16.8 Å². The summed E-state index contributed by atoms with van der Waals surface area (Å²) in [6, 6.07) is 7.78. The zero-order valence-corrected chi connectivity index (χ0v) is 9.14. The summed E-state index contributed by atoms with van der Waals surface area (Å²) in [6.45, 7) is 1.96. The highest BCUT2D eigenvalue weighted by Crippen LogP contribution is 2.21. The molecular formula is C12H11N3O.